The second kappa shape index (κ2) is 4.10. The Hall–Kier alpha value is -1.33. The number of benzene rings is 2. The number of rotatable bonds is 1. The van der Waals surface area contributed by atoms with Crippen molar-refractivity contribution in [1.29, 1.82) is 0 Å². The number of hydrogen-bond acceptors (Lipinski definition) is 1. The van der Waals surface area contributed by atoms with Crippen molar-refractivity contribution < 1.29 is 4.57 Å². The average Bonchev–Trinajstić information content (AvgIpc) is 2.64. The van der Waals surface area contributed by atoms with Gasteiger partial charge in [0.25, 0.3) is 0 Å². The Morgan fingerprint density at radius 1 is 0.778 bits per heavy atom. The lowest BCUT2D eigenvalue weighted by molar-refractivity contribution is 0.572. The van der Waals surface area contributed by atoms with E-state index in [4.69, 9.17) is 0 Å². The molecule has 0 aliphatic carbocycles. The van der Waals surface area contributed by atoms with Gasteiger partial charge in [0.05, 0.1) is 0 Å². The summed E-state index contributed by atoms with van der Waals surface area (Å²) in [5.74, 6) is 0. The highest BCUT2D eigenvalue weighted by Crippen LogP contribution is 2.73. The summed E-state index contributed by atoms with van der Waals surface area (Å²) < 4.78 is 13.5. The maximum Gasteiger partial charge on any atom is 0.129 e. The molecule has 2 aromatic carbocycles. The first-order valence-corrected chi connectivity index (χ1v) is 8.24. The molecule has 0 saturated carbocycles. The van der Waals surface area contributed by atoms with Crippen LogP contribution in [0.2, 0.25) is 0 Å². The SMILES string of the molecule is CC1c2ccccc2C(C)P1(=O)c1ccccc1. The summed E-state index contributed by atoms with van der Waals surface area (Å²) in [4.78, 5) is 0. The summed E-state index contributed by atoms with van der Waals surface area (Å²) in [5.41, 5.74) is 2.78. The zero-order valence-corrected chi connectivity index (χ0v) is 11.6. The van der Waals surface area contributed by atoms with Crippen molar-refractivity contribution >= 4 is 12.4 Å². The van der Waals surface area contributed by atoms with E-state index in [0.29, 0.717) is 0 Å². The van der Waals surface area contributed by atoms with Gasteiger partial charge in [0, 0.05) is 16.6 Å². The van der Waals surface area contributed by atoms with E-state index in [1.165, 1.54) is 11.1 Å². The Morgan fingerprint density at radius 3 is 1.72 bits per heavy atom. The van der Waals surface area contributed by atoms with E-state index in [-0.39, 0.29) is 11.3 Å². The lowest BCUT2D eigenvalue weighted by Crippen LogP contribution is -2.08. The van der Waals surface area contributed by atoms with E-state index < -0.39 is 7.14 Å². The van der Waals surface area contributed by atoms with Gasteiger partial charge in [-0.3, -0.25) is 0 Å². The summed E-state index contributed by atoms with van der Waals surface area (Å²) in [5, 5.41) is 1.02. The standard InChI is InChI=1S/C16H17OP/c1-12-15-10-6-7-11-16(15)13(2)18(12,17)14-8-4-3-5-9-14/h3-13H,1-2H3. The highest BCUT2D eigenvalue weighted by Gasteiger charge is 2.45. The first-order chi connectivity index (χ1) is 8.65. The van der Waals surface area contributed by atoms with Gasteiger partial charge >= 0.3 is 0 Å². The molecule has 2 unspecified atom stereocenters. The Morgan fingerprint density at radius 2 is 1.22 bits per heavy atom. The molecule has 0 spiro atoms. The molecule has 1 aliphatic heterocycles. The lowest BCUT2D eigenvalue weighted by Gasteiger charge is -2.22. The van der Waals surface area contributed by atoms with Gasteiger partial charge in [-0.2, -0.15) is 0 Å². The average molecular weight is 256 g/mol. The molecule has 1 nitrogen and oxygen atoms in total. The number of fused-ring (bicyclic) bond motifs is 1. The maximum absolute atomic E-state index is 13.5. The first kappa shape index (κ1) is 11.7. The van der Waals surface area contributed by atoms with Crippen LogP contribution in [0.25, 0.3) is 0 Å². The molecule has 1 aliphatic rings. The van der Waals surface area contributed by atoms with Crippen LogP contribution in [0, 0.1) is 0 Å². The zero-order valence-electron chi connectivity index (χ0n) is 10.7. The Kier molecular flexibility index (Phi) is 2.68. The molecule has 2 atom stereocenters. The van der Waals surface area contributed by atoms with Crippen molar-refractivity contribution in [2.24, 2.45) is 0 Å². The van der Waals surface area contributed by atoms with Crippen LogP contribution >= 0.6 is 7.14 Å². The molecule has 0 radical (unpaired) electrons. The molecular weight excluding hydrogens is 239 g/mol. The molecular formula is C16H17OP. The monoisotopic (exact) mass is 256 g/mol. The molecule has 2 aromatic rings. The minimum absolute atomic E-state index is 0.131. The highest BCUT2D eigenvalue weighted by atomic mass is 31.2. The topological polar surface area (TPSA) is 17.1 Å². The molecule has 18 heavy (non-hydrogen) atoms. The van der Waals surface area contributed by atoms with Crippen LogP contribution in [0.3, 0.4) is 0 Å². The van der Waals surface area contributed by atoms with E-state index >= 15 is 0 Å². The van der Waals surface area contributed by atoms with E-state index in [0.717, 1.165) is 5.30 Å². The molecule has 92 valence electrons. The third kappa shape index (κ3) is 1.44. The van der Waals surface area contributed by atoms with Crippen molar-refractivity contribution in [1.82, 2.24) is 0 Å². The zero-order chi connectivity index (χ0) is 12.8. The molecule has 0 aromatic heterocycles. The Bertz CT molecular complexity index is 585. The normalized spacial score (nSPS) is 30.1. The van der Waals surface area contributed by atoms with E-state index in [1.54, 1.807) is 0 Å². The van der Waals surface area contributed by atoms with Gasteiger partial charge in [-0.05, 0) is 11.1 Å². The molecule has 0 fully saturated rings. The van der Waals surface area contributed by atoms with Crippen LogP contribution in [0.5, 0.6) is 0 Å². The van der Waals surface area contributed by atoms with Gasteiger partial charge in [0.1, 0.15) is 7.14 Å². The summed E-state index contributed by atoms with van der Waals surface area (Å²) >= 11 is 0. The van der Waals surface area contributed by atoms with Crippen molar-refractivity contribution in [3.8, 4) is 0 Å². The maximum atomic E-state index is 13.5. The number of hydrogen-bond donors (Lipinski definition) is 0. The molecule has 0 bridgehead atoms. The van der Waals surface area contributed by atoms with Gasteiger partial charge in [0.2, 0.25) is 0 Å². The summed E-state index contributed by atoms with van der Waals surface area (Å²) in [6, 6.07) is 18.3. The minimum Gasteiger partial charge on any atom is -0.317 e. The molecule has 0 amide bonds. The fraction of sp³-hybridized carbons (Fsp3) is 0.250. The van der Waals surface area contributed by atoms with E-state index in [9.17, 15) is 4.57 Å². The summed E-state index contributed by atoms with van der Waals surface area (Å²) in [7, 11) is -2.39. The van der Waals surface area contributed by atoms with E-state index in [1.807, 2.05) is 42.5 Å². The third-order valence-electron chi connectivity index (χ3n) is 4.21. The van der Waals surface area contributed by atoms with Crippen molar-refractivity contribution in [2.45, 2.75) is 25.2 Å². The van der Waals surface area contributed by atoms with Crippen LogP contribution in [0.4, 0.5) is 0 Å². The molecule has 2 heteroatoms. The fourth-order valence-electron chi connectivity index (χ4n) is 3.13. The van der Waals surface area contributed by atoms with Crippen LogP contribution in [-0.2, 0) is 4.57 Å². The van der Waals surface area contributed by atoms with Gasteiger partial charge in [0.15, 0.2) is 0 Å². The highest BCUT2D eigenvalue weighted by molar-refractivity contribution is 7.72. The van der Waals surface area contributed by atoms with E-state index in [2.05, 4.69) is 26.0 Å². The lowest BCUT2D eigenvalue weighted by atomic mass is 10.0. The second-order valence-corrected chi connectivity index (χ2v) is 8.51. The predicted molar refractivity (Wildman–Crippen MR) is 77.0 cm³/mol. The Balaban J connectivity index is 2.20. The van der Waals surface area contributed by atoms with Gasteiger partial charge in [-0.15, -0.1) is 0 Å². The third-order valence-corrected chi connectivity index (χ3v) is 8.17. The van der Waals surface area contributed by atoms with Gasteiger partial charge in [-0.1, -0.05) is 68.4 Å². The quantitative estimate of drug-likeness (QED) is 0.686. The van der Waals surface area contributed by atoms with Crippen LogP contribution in [-0.4, -0.2) is 0 Å². The molecule has 0 saturated heterocycles. The predicted octanol–water partition coefficient (Wildman–Crippen LogP) is 4.51. The van der Waals surface area contributed by atoms with Crippen molar-refractivity contribution in [3.63, 3.8) is 0 Å². The largest absolute Gasteiger partial charge is 0.317 e. The molecule has 0 N–H and O–H groups in total. The van der Waals surface area contributed by atoms with Crippen LogP contribution < -0.4 is 5.30 Å². The fourth-order valence-corrected chi connectivity index (χ4v) is 6.63. The minimum atomic E-state index is -2.39. The van der Waals surface area contributed by atoms with Crippen molar-refractivity contribution in [2.75, 3.05) is 0 Å². The smallest absolute Gasteiger partial charge is 0.129 e. The van der Waals surface area contributed by atoms with Gasteiger partial charge < -0.3 is 4.57 Å². The summed E-state index contributed by atoms with van der Waals surface area (Å²) in [6.07, 6.45) is 0. The molecule has 1 heterocycles. The Labute approximate surface area is 108 Å². The van der Waals surface area contributed by atoms with Gasteiger partial charge in [-0.25, -0.2) is 0 Å². The first-order valence-electron chi connectivity index (χ1n) is 6.39. The summed E-state index contributed by atoms with van der Waals surface area (Å²) in [6.45, 7) is 4.21. The second-order valence-electron chi connectivity index (χ2n) is 5.03. The van der Waals surface area contributed by atoms with Crippen molar-refractivity contribution in [3.05, 3.63) is 65.7 Å². The van der Waals surface area contributed by atoms with Crippen LogP contribution in [0.15, 0.2) is 54.6 Å². The molecule has 3 rings (SSSR count). The van der Waals surface area contributed by atoms with Crippen LogP contribution in [0.1, 0.15) is 36.3 Å².